The summed E-state index contributed by atoms with van der Waals surface area (Å²) in [6.45, 7) is 7.13. The zero-order valence-corrected chi connectivity index (χ0v) is 12.6. The van der Waals surface area contributed by atoms with Crippen molar-refractivity contribution < 1.29 is 19.4 Å². The molecule has 1 aromatic rings. The Labute approximate surface area is 123 Å². The minimum Gasteiger partial charge on any atom is -0.478 e. The van der Waals surface area contributed by atoms with Gasteiger partial charge in [-0.3, -0.25) is 9.79 Å². The summed E-state index contributed by atoms with van der Waals surface area (Å²) in [4.78, 5) is 27.7. The number of para-hydroxylation sites is 1. The summed E-state index contributed by atoms with van der Waals surface area (Å²) < 4.78 is 5.77. The van der Waals surface area contributed by atoms with E-state index in [9.17, 15) is 9.59 Å². The molecule has 0 bridgehead atoms. The maximum Gasteiger partial charge on any atom is 0.337 e. The summed E-state index contributed by atoms with van der Waals surface area (Å²) in [5.41, 5.74) is -1.08. The van der Waals surface area contributed by atoms with Crippen molar-refractivity contribution in [3.8, 4) is 0 Å². The Bertz CT molecular complexity index is 616. The number of ether oxygens (including phenoxy) is 1. The first-order chi connectivity index (χ1) is 9.65. The molecule has 1 N–H and O–H groups in total. The van der Waals surface area contributed by atoms with Crippen LogP contribution in [-0.2, 0) is 9.53 Å². The van der Waals surface area contributed by atoms with Crippen LogP contribution in [0.3, 0.4) is 0 Å². The van der Waals surface area contributed by atoms with Gasteiger partial charge in [-0.1, -0.05) is 12.1 Å². The van der Waals surface area contributed by atoms with Crippen LogP contribution in [-0.4, -0.2) is 34.3 Å². The van der Waals surface area contributed by atoms with Gasteiger partial charge in [0, 0.05) is 6.21 Å². The van der Waals surface area contributed by atoms with Crippen molar-refractivity contribution in [1.82, 2.24) is 0 Å². The normalized spacial score (nSPS) is 23.6. The van der Waals surface area contributed by atoms with Gasteiger partial charge in [-0.15, -0.1) is 0 Å². The van der Waals surface area contributed by atoms with Gasteiger partial charge in [-0.25, -0.2) is 4.79 Å². The first-order valence-corrected chi connectivity index (χ1v) is 6.76. The highest BCUT2D eigenvalue weighted by Gasteiger charge is 2.52. The average Bonchev–Trinajstić information content (AvgIpc) is 2.52. The third-order valence-corrected chi connectivity index (χ3v) is 3.64. The molecule has 1 atom stereocenters. The van der Waals surface area contributed by atoms with Gasteiger partial charge in [0.2, 0.25) is 0 Å². The van der Waals surface area contributed by atoms with Gasteiger partial charge in [-0.05, 0) is 39.8 Å². The fourth-order valence-electron chi connectivity index (χ4n) is 2.63. The van der Waals surface area contributed by atoms with Gasteiger partial charge in [-0.2, -0.15) is 0 Å². The van der Waals surface area contributed by atoms with Crippen LogP contribution in [0.5, 0.6) is 0 Å². The van der Waals surface area contributed by atoms with Crippen LogP contribution in [0.4, 0.5) is 5.69 Å². The van der Waals surface area contributed by atoms with Crippen molar-refractivity contribution in [2.45, 2.75) is 38.9 Å². The highest BCUT2D eigenvalue weighted by atomic mass is 16.5. The van der Waals surface area contributed by atoms with Gasteiger partial charge in [0.15, 0.2) is 5.78 Å². The number of aromatic carboxylic acids is 1. The van der Waals surface area contributed by atoms with Crippen molar-refractivity contribution in [1.29, 1.82) is 0 Å². The number of carboxylic acid groups (broad SMARTS) is 1. The average molecular weight is 289 g/mol. The Kier molecular flexibility index (Phi) is 3.72. The van der Waals surface area contributed by atoms with E-state index in [0.717, 1.165) is 0 Å². The predicted molar refractivity (Wildman–Crippen MR) is 79.3 cm³/mol. The largest absolute Gasteiger partial charge is 0.478 e. The summed E-state index contributed by atoms with van der Waals surface area (Å²) in [5, 5.41) is 9.13. The summed E-state index contributed by atoms with van der Waals surface area (Å²) >= 11 is 0. The molecule has 0 spiro atoms. The molecule has 1 aliphatic rings. The SMILES string of the molecule is CC1(C)OC(C)(C)C(C=Nc2ccccc2C(=O)O)C1=O. The molecule has 0 aliphatic carbocycles. The molecule has 1 heterocycles. The van der Waals surface area contributed by atoms with Crippen LogP contribution in [0.1, 0.15) is 38.1 Å². The van der Waals surface area contributed by atoms with Crippen LogP contribution in [0.15, 0.2) is 29.3 Å². The van der Waals surface area contributed by atoms with Crippen LogP contribution in [0.2, 0.25) is 0 Å². The Hall–Kier alpha value is -2.01. The van der Waals surface area contributed by atoms with E-state index >= 15 is 0 Å². The molecule has 1 unspecified atom stereocenters. The summed E-state index contributed by atoms with van der Waals surface area (Å²) in [6, 6.07) is 6.44. The lowest BCUT2D eigenvalue weighted by Gasteiger charge is -2.23. The molecule has 0 radical (unpaired) electrons. The van der Waals surface area contributed by atoms with Crippen molar-refractivity contribution in [3.05, 3.63) is 29.8 Å². The number of Topliss-reactive ketones (excluding diaryl/α,β-unsaturated/α-hetero) is 1. The Morgan fingerprint density at radius 2 is 1.90 bits per heavy atom. The third-order valence-electron chi connectivity index (χ3n) is 3.64. The number of nitrogens with zero attached hydrogens (tertiary/aromatic N) is 1. The van der Waals surface area contributed by atoms with Gasteiger partial charge in [0.05, 0.1) is 22.8 Å². The molecule has 1 aliphatic heterocycles. The van der Waals surface area contributed by atoms with Crippen molar-refractivity contribution in [3.63, 3.8) is 0 Å². The minimum absolute atomic E-state index is 0.0518. The zero-order chi connectivity index (χ0) is 15.8. The molecule has 1 saturated heterocycles. The highest BCUT2D eigenvalue weighted by Crippen LogP contribution is 2.38. The molecule has 0 amide bonds. The van der Waals surface area contributed by atoms with E-state index in [1.54, 1.807) is 32.0 Å². The predicted octanol–water partition coefficient (Wildman–Crippen LogP) is 2.86. The Balaban J connectivity index is 2.34. The van der Waals surface area contributed by atoms with Gasteiger partial charge in [0.25, 0.3) is 0 Å². The molecule has 2 rings (SSSR count). The smallest absolute Gasteiger partial charge is 0.337 e. The molecule has 21 heavy (non-hydrogen) atoms. The van der Waals surface area contributed by atoms with E-state index in [4.69, 9.17) is 9.84 Å². The molecular formula is C16H19NO4. The number of hydrogen-bond acceptors (Lipinski definition) is 4. The standard InChI is InChI=1S/C16H19NO4/c1-15(2)11(13(18)16(3,4)21-15)9-17-12-8-6-5-7-10(12)14(19)20/h5-9,11H,1-4H3,(H,19,20). The lowest BCUT2D eigenvalue weighted by Crippen LogP contribution is -2.31. The summed E-state index contributed by atoms with van der Waals surface area (Å²) in [7, 11) is 0. The second-order valence-corrected chi connectivity index (χ2v) is 6.16. The first-order valence-electron chi connectivity index (χ1n) is 6.76. The lowest BCUT2D eigenvalue weighted by atomic mass is 9.87. The molecular weight excluding hydrogens is 270 g/mol. The van der Waals surface area contributed by atoms with E-state index < -0.39 is 23.1 Å². The fourth-order valence-corrected chi connectivity index (χ4v) is 2.63. The van der Waals surface area contributed by atoms with E-state index in [0.29, 0.717) is 5.69 Å². The topological polar surface area (TPSA) is 76.0 Å². The number of ketones is 1. The summed E-state index contributed by atoms with van der Waals surface area (Å²) in [5.74, 6) is -1.60. The van der Waals surface area contributed by atoms with Crippen molar-refractivity contribution in [2.24, 2.45) is 10.9 Å². The van der Waals surface area contributed by atoms with Crippen LogP contribution < -0.4 is 0 Å². The van der Waals surface area contributed by atoms with E-state index in [-0.39, 0.29) is 11.3 Å². The maximum atomic E-state index is 12.4. The van der Waals surface area contributed by atoms with Crippen molar-refractivity contribution in [2.75, 3.05) is 0 Å². The number of aliphatic imine (C=N–C) groups is 1. The number of carbonyl (C=O) groups is 2. The monoisotopic (exact) mass is 289 g/mol. The minimum atomic E-state index is -1.05. The van der Waals surface area contributed by atoms with Gasteiger partial charge >= 0.3 is 5.97 Å². The number of benzene rings is 1. The lowest BCUT2D eigenvalue weighted by molar-refractivity contribution is -0.132. The van der Waals surface area contributed by atoms with Gasteiger partial charge in [0.1, 0.15) is 5.60 Å². The van der Waals surface area contributed by atoms with Crippen molar-refractivity contribution >= 4 is 23.7 Å². The fraction of sp³-hybridized carbons (Fsp3) is 0.438. The molecule has 112 valence electrons. The first kappa shape index (κ1) is 15.4. The van der Waals surface area contributed by atoms with Crippen LogP contribution in [0.25, 0.3) is 0 Å². The molecule has 0 saturated carbocycles. The second kappa shape index (κ2) is 5.07. The van der Waals surface area contributed by atoms with E-state index in [1.165, 1.54) is 12.3 Å². The number of carboxylic acids is 1. The molecule has 1 fully saturated rings. The molecule has 5 nitrogen and oxygen atoms in total. The maximum absolute atomic E-state index is 12.4. The van der Waals surface area contributed by atoms with E-state index in [2.05, 4.69) is 4.99 Å². The molecule has 5 heteroatoms. The quantitative estimate of drug-likeness (QED) is 0.868. The summed E-state index contributed by atoms with van der Waals surface area (Å²) in [6.07, 6.45) is 1.50. The number of carbonyl (C=O) groups excluding carboxylic acids is 1. The molecule has 1 aromatic carbocycles. The third kappa shape index (κ3) is 2.88. The number of hydrogen-bond donors (Lipinski definition) is 1. The zero-order valence-electron chi connectivity index (χ0n) is 12.6. The van der Waals surface area contributed by atoms with Gasteiger partial charge < -0.3 is 9.84 Å². The number of rotatable bonds is 3. The Morgan fingerprint density at radius 3 is 2.43 bits per heavy atom. The highest BCUT2D eigenvalue weighted by molar-refractivity contribution is 6.03. The van der Waals surface area contributed by atoms with Crippen LogP contribution >= 0.6 is 0 Å². The van der Waals surface area contributed by atoms with E-state index in [1.807, 2.05) is 13.8 Å². The molecule has 0 aromatic heterocycles. The Morgan fingerprint density at radius 1 is 1.29 bits per heavy atom. The van der Waals surface area contributed by atoms with Crippen LogP contribution in [0, 0.1) is 5.92 Å². The second-order valence-electron chi connectivity index (χ2n) is 6.16.